The van der Waals surface area contributed by atoms with Crippen LogP contribution in [0.5, 0.6) is 0 Å². The van der Waals surface area contributed by atoms with Gasteiger partial charge in [0.1, 0.15) is 42.7 Å². The van der Waals surface area contributed by atoms with Crippen LogP contribution < -0.4 is 0 Å². The van der Waals surface area contributed by atoms with E-state index >= 15 is 0 Å². The molecule has 0 spiro atoms. The van der Waals surface area contributed by atoms with E-state index in [4.69, 9.17) is 18.5 Å². The van der Waals surface area contributed by atoms with Gasteiger partial charge in [-0.3, -0.25) is 13.8 Å². The number of phosphoric acid groups is 1. The standard InChI is InChI=1S/C42H79O12P/c1-3-5-7-9-11-13-15-17-18-20-22-24-26-28-30-32-51-33-35(34-52-55(49,50)54-42-40(47)38(45)37(44)39(46)41(42)48)53-36(43)31-29-27-25-23-21-19-16-14-12-10-8-6-4-2/h8,10,14,16,35,37-42,44-48H,3-7,9,11-13,15,17-34H2,1-2H3,(H,49,50)/b10-8-,16-14-. The number of hydrogen-bond acceptors (Lipinski definition) is 11. The molecule has 6 N–H and O–H groups in total. The van der Waals surface area contributed by atoms with Crippen LogP contribution in [0.15, 0.2) is 24.3 Å². The highest BCUT2D eigenvalue weighted by Crippen LogP contribution is 2.47. The van der Waals surface area contributed by atoms with Gasteiger partial charge in [0, 0.05) is 13.0 Å². The molecule has 6 unspecified atom stereocenters. The minimum atomic E-state index is -5.01. The SMILES string of the molecule is CCC/C=C\C/C=C\CCCCCCCC(=O)OC(COCCCCCCCCCCCCCCCCC)COP(=O)(O)OC1C(O)C(O)C(O)C(O)C1O. The van der Waals surface area contributed by atoms with Gasteiger partial charge < -0.3 is 39.9 Å². The number of ether oxygens (including phenoxy) is 2. The maximum absolute atomic E-state index is 12.8. The van der Waals surface area contributed by atoms with Crippen LogP contribution in [-0.4, -0.2) is 98.9 Å². The number of carbonyl (C=O) groups is 1. The molecule has 1 aliphatic rings. The molecular formula is C42H79O12P. The fraction of sp³-hybridized carbons (Fsp3) is 0.881. The maximum atomic E-state index is 12.8. The third-order valence-electron chi connectivity index (χ3n) is 10.1. The summed E-state index contributed by atoms with van der Waals surface area (Å²) in [6, 6.07) is 0. The Morgan fingerprint density at radius 1 is 0.582 bits per heavy atom. The van der Waals surface area contributed by atoms with Crippen LogP contribution >= 0.6 is 7.82 Å². The highest BCUT2D eigenvalue weighted by atomic mass is 31.2. The van der Waals surface area contributed by atoms with Crippen LogP contribution in [-0.2, 0) is 27.9 Å². The maximum Gasteiger partial charge on any atom is 0.472 e. The second-order valence-corrected chi connectivity index (χ2v) is 16.6. The zero-order chi connectivity index (χ0) is 40.6. The van der Waals surface area contributed by atoms with Crippen LogP contribution in [0.25, 0.3) is 0 Å². The predicted molar refractivity (Wildman–Crippen MR) is 216 cm³/mol. The Morgan fingerprint density at radius 2 is 1.05 bits per heavy atom. The first-order chi connectivity index (χ1) is 26.5. The van der Waals surface area contributed by atoms with Crippen molar-refractivity contribution in [1.29, 1.82) is 0 Å². The van der Waals surface area contributed by atoms with Crippen molar-refractivity contribution in [2.75, 3.05) is 19.8 Å². The second-order valence-electron chi connectivity index (χ2n) is 15.2. The molecule has 0 aromatic heterocycles. The van der Waals surface area contributed by atoms with Gasteiger partial charge in [0.05, 0.1) is 13.2 Å². The average Bonchev–Trinajstić information content (AvgIpc) is 3.17. The van der Waals surface area contributed by atoms with E-state index in [1.807, 2.05) is 0 Å². The molecule has 1 saturated carbocycles. The van der Waals surface area contributed by atoms with Gasteiger partial charge in [-0.1, -0.05) is 154 Å². The molecule has 0 heterocycles. The number of aliphatic hydroxyl groups is 5. The molecule has 0 radical (unpaired) electrons. The van der Waals surface area contributed by atoms with Crippen LogP contribution in [0.4, 0.5) is 0 Å². The average molecular weight is 807 g/mol. The first kappa shape index (κ1) is 51.8. The fourth-order valence-corrected chi connectivity index (χ4v) is 7.54. The number of allylic oxidation sites excluding steroid dienone is 4. The lowest BCUT2D eigenvalue weighted by atomic mass is 9.85. The molecule has 0 saturated heterocycles. The molecule has 1 aliphatic carbocycles. The lowest BCUT2D eigenvalue weighted by Crippen LogP contribution is -2.64. The van der Waals surface area contributed by atoms with E-state index in [-0.39, 0.29) is 13.0 Å². The lowest BCUT2D eigenvalue weighted by molar-refractivity contribution is -0.220. The highest BCUT2D eigenvalue weighted by molar-refractivity contribution is 7.47. The van der Waals surface area contributed by atoms with Crippen molar-refractivity contribution >= 4 is 13.8 Å². The molecule has 0 bridgehead atoms. The Hall–Kier alpha value is -1.18. The minimum absolute atomic E-state index is 0.0788. The number of hydrogen-bond donors (Lipinski definition) is 6. The number of aliphatic hydroxyl groups excluding tert-OH is 5. The summed E-state index contributed by atoms with van der Waals surface area (Å²) in [5, 5.41) is 50.1. The smallest absolute Gasteiger partial charge is 0.457 e. The summed E-state index contributed by atoms with van der Waals surface area (Å²) < 4.78 is 34.1. The molecule has 0 aromatic rings. The summed E-state index contributed by atoms with van der Waals surface area (Å²) in [4.78, 5) is 23.1. The van der Waals surface area contributed by atoms with Gasteiger partial charge >= 0.3 is 13.8 Å². The molecule has 13 heteroatoms. The summed E-state index contributed by atoms with van der Waals surface area (Å²) in [5.41, 5.74) is 0. The van der Waals surface area contributed by atoms with E-state index in [0.29, 0.717) is 13.0 Å². The van der Waals surface area contributed by atoms with Crippen LogP contribution in [0.2, 0.25) is 0 Å². The Bertz CT molecular complexity index is 1010. The van der Waals surface area contributed by atoms with Gasteiger partial charge in [-0.2, -0.15) is 0 Å². The fourth-order valence-electron chi connectivity index (χ4n) is 6.57. The van der Waals surface area contributed by atoms with Crippen LogP contribution in [0, 0.1) is 0 Å². The Morgan fingerprint density at radius 3 is 1.60 bits per heavy atom. The van der Waals surface area contributed by atoms with Crippen molar-refractivity contribution in [3.63, 3.8) is 0 Å². The van der Waals surface area contributed by atoms with E-state index < -0.39 is 63.1 Å². The Labute approximate surface area is 332 Å². The molecule has 12 nitrogen and oxygen atoms in total. The predicted octanol–water partition coefficient (Wildman–Crippen LogP) is 8.14. The van der Waals surface area contributed by atoms with Gasteiger partial charge in [0.2, 0.25) is 0 Å². The number of esters is 1. The number of rotatable bonds is 36. The molecular weight excluding hydrogens is 727 g/mol. The lowest BCUT2D eigenvalue weighted by Gasteiger charge is -2.41. The molecule has 1 rings (SSSR count). The van der Waals surface area contributed by atoms with Crippen molar-refractivity contribution in [2.24, 2.45) is 0 Å². The Kier molecular flexibility index (Phi) is 31.8. The normalized spacial score (nSPS) is 23.4. The summed E-state index contributed by atoms with van der Waals surface area (Å²) in [5.74, 6) is -0.490. The van der Waals surface area contributed by atoms with Crippen molar-refractivity contribution < 1.29 is 58.3 Å². The monoisotopic (exact) mass is 807 g/mol. The van der Waals surface area contributed by atoms with E-state index in [1.54, 1.807) is 0 Å². The van der Waals surface area contributed by atoms with E-state index in [1.165, 1.54) is 77.0 Å². The second kappa shape index (κ2) is 33.8. The summed E-state index contributed by atoms with van der Waals surface area (Å²) in [6.07, 6.45) is 23.9. The zero-order valence-electron chi connectivity index (χ0n) is 34.2. The molecule has 55 heavy (non-hydrogen) atoms. The van der Waals surface area contributed by atoms with Crippen molar-refractivity contribution in [3.05, 3.63) is 24.3 Å². The van der Waals surface area contributed by atoms with Gasteiger partial charge in [0.25, 0.3) is 0 Å². The van der Waals surface area contributed by atoms with E-state index in [2.05, 4.69) is 38.2 Å². The molecule has 0 amide bonds. The first-order valence-electron chi connectivity index (χ1n) is 21.7. The third-order valence-corrected chi connectivity index (χ3v) is 11.0. The summed E-state index contributed by atoms with van der Waals surface area (Å²) in [6.45, 7) is 4.18. The topological polar surface area (TPSA) is 192 Å². The van der Waals surface area contributed by atoms with Gasteiger partial charge in [-0.15, -0.1) is 0 Å². The third kappa shape index (κ3) is 26.4. The number of phosphoric ester groups is 1. The molecule has 324 valence electrons. The molecule has 1 fully saturated rings. The quantitative estimate of drug-likeness (QED) is 0.0154. The minimum Gasteiger partial charge on any atom is -0.457 e. The number of carbonyl (C=O) groups excluding carboxylic acids is 1. The van der Waals surface area contributed by atoms with Crippen LogP contribution in [0.3, 0.4) is 0 Å². The van der Waals surface area contributed by atoms with Gasteiger partial charge in [-0.05, 0) is 38.5 Å². The molecule has 6 atom stereocenters. The highest BCUT2D eigenvalue weighted by Gasteiger charge is 2.51. The van der Waals surface area contributed by atoms with E-state index in [9.17, 15) is 39.8 Å². The van der Waals surface area contributed by atoms with Crippen molar-refractivity contribution in [1.82, 2.24) is 0 Å². The van der Waals surface area contributed by atoms with Crippen molar-refractivity contribution in [2.45, 2.75) is 217 Å². The van der Waals surface area contributed by atoms with Crippen LogP contribution in [0.1, 0.15) is 174 Å². The summed E-state index contributed by atoms with van der Waals surface area (Å²) in [7, 11) is -5.01. The molecule has 0 aromatic carbocycles. The largest absolute Gasteiger partial charge is 0.472 e. The molecule has 0 aliphatic heterocycles. The first-order valence-corrected chi connectivity index (χ1v) is 23.2. The van der Waals surface area contributed by atoms with Gasteiger partial charge in [0.15, 0.2) is 0 Å². The zero-order valence-corrected chi connectivity index (χ0v) is 35.1. The van der Waals surface area contributed by atoms with E-state index in [0.717, 1.165) is 70.6 Å². The van der Waals surface area contributed by atoms with Crippen molar-refractivity contribution in [3.8, 4) is 0 Å². The van der Waals surface area contributed by atoms with Gasteiger partial charge in [-0.25, -0.2) is 4.57 Å². The Balaban J connectivity index is 2.43. The number of unbranched alkanes of at least 4 members (excludes halogenated alkanes) is 20. The summed E-state index contributed by atoms with van der Waals surface area (Å²) >= 11 is 0.